The Kier molecular flexibility index (Phi) is 4.81. The summed E-state index contributed by atoms with van der Waals surface area (Å²) < 4.78 is 30.4. The van der Waals surface area contributed by atoms with Gasteiger partial charge in [0.05, 0.1) is 6.33 Å². The van der Waals surface area contributed by atoms with Gasteiger partial charge in [-0.2, -0.15) is 0 Å². The summed E-state index contributed by atoms with van der Waals surface area (Å²) in [6.45, 7) is 6.24. The highest BCUT2D eigenvalue weighted by atomic mass is 32.2. The zero-order chi connectivity index (χ0) is 18.1. The zero-order valence-electron chi connectivity index (χ0n) is 14.4. The normalized spacial score (nSPS) is 12.4. The summed E-state index contributed by atoms with van der Waals surface area (Å²) in [7, 11) is -3.55. The van der Waals surface area contributed by atoms with Crippen molar-refractivity contribution in [2.75, 3.05) is 0 Å². The van der Waals surface area contributed by atoms with Gasteiger partial charge in [-0.15, -0.1) is 11.3 Å². The molecule has 3 aromatic rings. The number of thiophene rings is 1. The Morgan fingerprint density at radius 3 is 2.48 bits per heavy atom. The van der Waals surface area contributed by atoms with Crippen molar-refractivity contribution in [3.63, 3.8) is 0 Å². The molecule has 0 bridgehead atoms. The van der Waals surface area contributed by atoms with Crippen molar-refractivity contribution >= 4 is 21.4 Å². The third-order valence-electron chi connectivity index (χ3n) is 3.50. The van der Waals surface area contributed by atoms with Crippen molar-refractivity contribution in [1.29, 1.82) is 0 Å². The minimum atomic E-state index is -3.55. The minimum absolute atomic E-state index is 0.352. The van der Waals surface area contributed by atoms with Gasteiger partial charge in [-0.05, 0) is 43.3 Å². The Bertz CT molecular complexity index is 935. The van der Waals surface area contributed by atoms with Gasteiger partial charge in [0.2, 0.25) is 0 Å². The molecular formula is C18H21N3O2S2. The first kappa shape index (κ1) is 17.8. The fourth-order valence-electron chi connectivity index (χ4n) is 2.55. The fourth-order valence-corrected chi connectivity index (χ4v) is 5.36. The number of benzene rings is 1. The molecule has 0 fully saturated rings. The second-order valence-corrected chi connectivity index (χ2v) is 9.70. The standard InChI is InChI=1S/C18H21N3O2S2/c1-18(2,3)20-25(22,23)17-16(8-11-24-17)15-6-4-14(5-7-15)12-21-10-9-19-13-21/h4-11,13,20H,12H2,1-3H3. The maximum absolute atomic E-state index is 12.7. The molecule has 0 spiro atoms. The summed E-state index contributed by atoms with van der Waals surface area (Å²) in [5, 5.41) is 1.81. The summed E-state index contributed by atoms with van der Waals surface area (Å²) in [6.07, 6.45) is 5.43. The van der Waals surface area contributed by atoms with Crippen molar-refractivity contribution in [3.8, 4) is 11.1 Å². The fraction of sp³-hybridized carbons (Fsp3) is 0.278. The molecule has 25 heavy (non-hydrogen) atoms. The van der Waals surface area contributed by atoms with Crippen LogP contribution in [0.15, 0.2) is 58.6 Å². The Balaban J connectivity index is 1.87. The van der Waals surface area contributed by atoms with E-state index < -0.39 is 15.6 Å². The lowest BCUT2D eigenvalue weighted by Gasteiger charge is -2.20. The molecule has 0 aliphatic carbocycles. The van der Waals surface area contributed by atoms with E-state index in [0.717, 1.165) is 23.2 Å². The molecule has 0 aliphatic heterocycles. The molecule has 1 aromatic carbocycles. The minimum Gasteiger partial charge on any atom is -0.333 e. The van der Waals surface area contributed by atoms with Crippen LogP contribution in [-0.4, -0.2) is 23.5 Å². The molecule has 0 aliphatic rings. The molecule has 3 rings (SSSR count). The predicted octanol–water partition coefficient (Wildman–Crippen LogP) is 3.74. The number of nitrogens with zero attached hydrogens (tertiary/aromatic N) is 2. The monoisotopic (exact) mass is 375 g/mol. The predicted molar refractivity (Wildman–Crippen MR) is 101 cm³/mol. The van der Waals surface area contributed by atoms with Crippen LogP contribution in [0.5, 0.6) is 0 Å². The first-order chi connectivity index (χ1) is 11.7. The van der Waals surface area contributed by atoms with Crippen molar-refractivity contribution in [1.82, 2.24) is 14.3 Å². The molecular weight excluding hydrogens is 354 g/mol. The highest BCUT2D eigenvalue weighted by Gasteiger charge is 2.26. The van der Waals surface area contributed by atoms with E-state index in [4.69, 9.17) is 0 Å². The van der Waals surface area contributed by atoms with E-state index in [0.29, 0.717) is 4.21 Å². The van der Waals surface area contributed by atoms with Crippen LogP contribution in [0.3, 0.4) is 0 Å². The van der Waals surface area contributed by atoms with Gasteiger partial charge in [0, 0.05) is 30.0 Å². The van der Waals surface area contributed by atoms with Crippen LogP contribution in [0.1, 0.15) is 26.3 Å². The molecule has 0 radical (unpaired) electrons. The Hall–Kier alpha value is -1.96. The maximum Gasteiger partial charge on any atom is 0.251 e. The first-order valence-corrected chi connectivity index (χ1v) is 10.3. The number of sulfonamides is 1. The van der Waals surface area contributed by atoms with Crippen LogP contribution >= 0.6 is 11.3 Å². The van der Waals surface area contributed by atoms with Crippen molar-refractivity contribution in [2.45, 2.75) is 37.1 Å². The second kappa shape index (κ2) is 6.74. The molecule has 2 aromatic heterocycles. The highest BCUT2D eigenvalue weighted by Crippen LogP contribution is 2.32. The van der Waals surface area contributed by atoms with Gasteiger partial charge in [0.15, 0.2) is 0 Å². The third-order valence-corrected chi connectivity index (χ3v) is 6.75. The van der Waals surface area contributed by atoms with Crippen LogP contribution in [0.4, 0.5) is 0 Å². The maximum atomic E-state index is 12.7. The van der Waals surface area contributed by atoms with Crippen LogP contribution in [0.2, 0.25) is 0 Å². The lowest BCUT2D eigenvalue weighted by atomic mass is 10.1. The quantitative estimate of drug-likeness (QED) is 0.739. The van der Waals surface area contributed by atoms with Crippen molar-refractivity contribution in [2.24, 2.45) is 0 Å². The molecule has 0 unspecified atom stereocenters. The molecule has 7 heteroatoms. The smallest absolute Gasteiger partial charge is 0.251 e. The van der Waals surface area contributed by atoms with E-state index in [9.17, 15) is 8.42 Å². The largest absolute Gasteiger partial charge is 0.333 e. The molecule has 0 atom stereocenters. The lowest BCUT2D eigenvalue weighted by Crippen LogP contribution is -2.40. The Morgan fingerprint density at radius 2 is 1.88 bits per heavy atom. The summed E-state index contributed by atoms with van der Waals surface area (Å²) >= 11 is 1.24. The topological polar surface area (TPSA) is 64.0 Å². The Morgan fingerprint density at radius 1 is 1.16 bits per heavy atom. The van der Waals surface area contributed by atoms with Crippen molar-refractivity contribution < 1.29 is 8.42 Å². The van der Waals surface area contributed by atoms with Gasteiger partial charge in [0.1, 0.15) is 4.21 Å². The molecule has 0 saturated carbocycles. The van der Waals surface area contributed by atoms with Crippen molar-refractivity contribution in [3.05, 3.63) is 60.0 Å². The summed E-state index contributed by atoms with van der Waals surface area (Å²) in [6, 6.07) is 9.81. The number of aromatic nitrogens is 2. The molecule has 0 saturated heterocycles. The van der Waals surface area contributed by atoms with E-state index in [2.05, 4.69) is 9.71 Å². The number of nitrogens with one attached hydrogen (secondary N) is 1. The van der Waals surface area contributed by atoms with E-state index in [1.165, 1.54) is 11.3 Å². The Labute approximate surface area is 152 Å². The number of hydrogen-bond donors (Lipinski definition) is 1. The van der Waals surface area contributed by atoms with Crippen LogP contribution < -0.4 is 4.72 Å². The zero-order valence-corrected chi connectivity index (χ0v) is 16.1. The van der Waals surface area contributed by atoms with Crippen LogP contribution in [0.25, 0.3) is 11.1 Å². The molecule has 5 nitrogen and oxygen atoms in total. The average Bonchev–Trinajstić information content (AvgIpc) is 3.16. The summed E-state index contributed by atoms with van der Waals surface area (Å²) in [4.78, 5) is 4.04. The van der Waals surface area contributed by atoms with Gasteiger partial charge >= 0.3 is 0 Å². The number of rotatable bonds is 5. The highest BCUT2D eigenvalue weighted by molar-refractivity contribution is 7.91. The van der Waals surface area contributed by atoms with Gasteiger partial charge in [-0.1, -0.05) is 24.3 Å². The van der Waals surface area contributed by atoms with Gasteiger partial charge in [-0.25, -0.2) is 18.1 Å². The third kappa shape index (κ3) is 4.36. The second-order valence-electron chi connectivity index (χ2n) is 6.91. The number of hydrogen-bond acceptors (Lipinski definition) is 4. The van der Waals surface area contributed by atoms with E-state index in [1.807, 2.05) is 67.2 Å². The number of imidazole rings is 1. The van der Waals surface area contributed by atoms with Gasteiger partial charge < -0.3 is 4.57 Å². The van der Waals surface area contributed by atoms with Crippen LogP contribution in [-0.2, 0) is 16.6 Å². The van der Waals surface area contributed by atoms with Gasteiger partial charge in [0.25, 0.3) is 10.0 Å². The van der Waals surface area contributed by atoms with E-state index in [1.54, 1.807) is 12.5 Å². The van der Waals surface area contributed by atoms with E-state index >= 15 is 0 Å². The SMILES string of the molecule is CC(C)(C)NS(=O)(=O)c1sccc1-c1ccc(Cn2ccnc2)cc1. The summed E-state index contributed by atoms with van der Waals surface area (Å²) in [5.41, 5.74) is 2.24. The van der Waals surface area contributed by atoms with Crippen LogP contribution in [0, 0.1) is 0 Å². The lowest BCUT2D eigenvalue weighted by molar-refractivity contribution is 0.493. The summed E-state index contributed by atoms with van der Waals surface area (Å²) in [5.74, 6) is 0. The van der Waals surface area contributed by atoms with Gasteiger partial charge in [-0.3, -0.25) is 0 Å². The average molecular weight is 376 g/mol. The molecule has 0 amide bonds. The molecule has 1 N–H and O–H groups in total. The molecule has 132 valence electrons. The first-order valence-electron chi connectivity index (χ1n) is 7.91. The van der Waals surface area contributed by atoms with E-state index in [-0.39, 0.29) is 0 Å². The molecule has 2 heterocycles.